The predicted molar refractivity (Wildman–Crippen MR) is 70.8 cm³/mol. The molecule has 1 aliphatic rings. The van der Waals surface area contributed by atoms with Crippen molar-refractivity contribution in [3.05, 3.63) is 30.1 Å². The van der Waals surface area contributed by atoms with Gasteiger partial charge in [0.15, 0.2) is 0 Å². The molecule has 2 N–H and O–H groups in total. The summed E-state index contributed by atoms with van der Waals surface area (Å²) >= 11 is 0. The van der Waals surface area contributed by atoms with Crippen LogP contribution in [-0.2, 0) is 16.4 Å². The predicted octanol–water partition coefficient (Wildman–Crippen LogP) is 0.295. The maximum atomic E-state index is 12.0. The second kappa shape index (κ2) is 6.26. The quantitative estimate of drug-likeness (QED) is 0.806. The van der Waals surface area contributed by atoms with Crippen molar-refractivity contribution in [1.29, 1.82) is 0 Å². The van der Waals surface area contributed by atoms with Crippen molar-refractivity contribution in [2.24, 2.45) is 0 Å². The molecule has 0 radical (unpaired) electrons. The van der Waals surface area contributed by atoms with Gasteiger partial charge >= 0.3 is 0 Å². The van der Waals surface area contributed by atoms with Crippen LogP contribution in [0.2, 0.25) is 0 Å². The molecule has 1 saturated heterocycles. The number of pyridine rings is 1. The summed E-state index contributed by atoms with van der Waals surface area (Å²) in [6, 6.07) is 5.65. The van der Waals surface area contributed by atoms with E-state index in [9.17, 15) is 8.42 Å². The average molecular weight is 269 g/mol. The lowest BCUT2D eigenvalue weighted by atomic mass is 10.2. The smallest absolute Gasteiger partial charge is 0.215 e. The van der Waals surface area contributed by atoms with Gasteiger partial charge in [0.05, 0.1) is 5.25 Å². The Balaban J connectivity index is 1.82. The highest BCUT2D eigenvalue weighted by Gasteiger charge is 2.26. The standard InChI is InChI=1S/C12H19N3O2S/c16-18(17,12-5-3-7-13-10-12)15-9-6-11-4-1-2-8-14-11/h1-2,4,8,12-13,15H,3,5-7,9-10H2. The summed E-state index contributed by atoms with van der Waals surface area (Å²) in [5.74, 6) is 0. The maximum Gasteiger partial charge on any atom is 0.215 e. The summed E-state index contributed by atoms with van der Waals surface area (Å²) in [5, 5.41) is 2.82. The van der Waals surface area contributed by atoms with Crippen LogP contribution in [0.1, 0.15) is 18.5 Å². The van der Waals surface area contributed by atoms with E-state index in [1.54, 1.807) is 6.20 Å². The molecule has 0 spiro atoms. The van der Waals surface area contributed by atoms with Gasteiger partial charge in [-0.3, -0.25) is 4.98 Å². The SMILES string of the molecule is O=S(=O)(NCCc1ccccn1)C1CCCNC1. The number of hydrogen-bond donors (Lipinski definition) is 2. The van der Waals surface area contributed by atoms with Gasteiger partial charge in [-0.1, -0.05) is 6.07 Å². The van der Waals surface area contributed by atoms with Crippen molar-refractivity contribution in [2.75, 3.05) is 19.6 Å². The minimum Gasteiger partial charge on any atom is -0.315 e. The van der Waals surface area contributed by atoms with Crippen LogP contribution in [0.4, 0.5) is 0 Å². The first-order valence-corrected chi connectivity index (χ1v) is 7.82. The average Bonchev–Trinajstić information content (AvgIpc) is 2.41. The zero-order valence-corrected chi connectivity index (χ0v) is 11.1. The van der Waals surface area contributed by atoms with Crippen LogP contribution in [0.15, 0.2) is 24.4 Å². The molecule has 1 unspecified atom stereocenters. The molecule has 6 heteroatoms. The highest BCUT2D eigenvalue weighted by molar-refractivity contribution is 7.90. The topological polar surface area (TPSA) is 71.1 Å². The van der Waals surface area contributed by atoms with E-state index in [1.807, 2.05) is 18.2 Å². The molecular weight excluding hydrogens is 250 g/mol. The molecule has 1 fully saturated rings. The van der Waals surface area contributed by atoms with Crippen molar-refractivity contribution in [3.8, 4) is 0 Å². The molecule has 0 amide bonds. The molecule has 0 bridgehead atoms. The second-order valence-electron chi connectivity index (χ2n) is 4.48. The number of sulfonamides is 1. The lowest BCUT2D eigenvalue weighted by molar-refractivity contribution is 0.490. The minimum absolute atomic E-state index is 0.296. The molecule has 1 aromatic rings. The molecule has 2 rings (SSSR count). The van der Waals surface area contributed by atoms with E-state index in [0.717, 1.165) is 25.1 Å². The van der Waals surface area contributed by atoms with E-state index in [-0.39, 0.29) is 5.25 Å². The number of aromatic nitrogens is 1. The van der Waals surface area contributed by atoms with Crippen LogP contribution in [0.25, 0.3) is 0 Å². The Labute approximate surface area is 108 Å². The van der Waals surface area contributed by atoms with E-state index in [0.29, 0.717) is 19.5 Å². The number of nitrogens with one attached hydrogen (secondary N) is 2. The largest absolute Gasteiger partial charge is 0.315 e. The second-order valence-corrected chi connectivity index (χ2v) is 6.52. The summed E-state index contributed by atoms with van der Waals surface area (Å²) in [5.41, 5.74) is 0.905. The minimum atomic E-state index is -3.19. The van der Waals surface area contributed by atoms with Gasteiger partial charge in [-0.2, -0.15) is 0 Å². The number of hydrogen-bond acceptors (Lipinski definition) is 4. The first-order valence-electron chi connectivity index (χ1n) is 6.27. The van der Waals surface area contributed by atoms with Gasteiger partial charge in [-0.05, 0) is 31.5 Å². The third kappa shape index (κ3) is 3.76. The highest BCUT2D eigenvalue weighted by Crippen LogP contribution is 2.10. The Hall–Kier alpha value is -0.980. The Morgan fingerprint density at radius 1 is 1.44 bits per heavy atom. The molecule has 2 heterocycles. The van der Waals surface area contributed by atoms with Gasteiger partial charge in [0.2, 0.25) is 10.0 Å². The van der Waals surface area contributed by atoms with E-state index in [4.69, 9.17) is 0 Å². The summed E-state index contributed by atoms with van der Waals surface area (Å²) in [6.07, 6.45) is 4.01. The normalized spacial score (nSPS) is 20.8. The first kappa shape index (κ1) is 13.5. The van der Waals surface area contributed by atoms with Gasteiger partial charge in [0.25, 0.3) is 0 Å². The summed E-state index contributed by atoms with van der Waals surface area (Å²) in [6.45, 7) is 1.88. The first-order chi connectivity index (χ1) is 8.68. The number of nitrogens with zero attached hydrogens (tertiary/aromatic N) is 1. The molecule has 1 aliphatic heterocycles. The Morgan fingerprint density at radius 2 is 2.33 bits per heavy atom. The van der Waals surface area contributed by atoms with Crippen LogP contribution >= 0.6 is 0 Å². The summed E-state index contributed by atoms with van der Waals surface area (Å²) < 4.78 is 26.7. The van der Waals surface area contributed by atoms with Gasteiger partial charge in [-0.25, -0.2) is 13.1 Å². The fourth-order valence-electron chi connectivity index (χ4n) is 2.07. The Kier molecular flexibility index (Phi) is 4.68. The highest BCUT2D eigenvalue weighted by atomic mass is 32.2. The Bertz CT molecular complexity index is 455. The molecular formula is C12H19N3O2S. The maximum absolute atomic E-state index is 12.0. The molecule has 1 atom stereocenters. The lowest BCUT2D eigenvalue weighted by Gasteiger charge is -2.22. The van der Waals surface area contributed by atoms with Crippen LogP contribution in [0.5, 0.6) is 0 Å². The molecule has 18 heavy (non-hydrogen) atoms. The van der Waals surface area contributed by atoms with E-state index in [2.05, 4.69) is 15.0 Å². The van der Waals surface area contributed by atoms with Gasteiger partial charge < -0.3 is 5.32 Å². The molecule has 0 aliphatic carbocycles. The van der Waals surface area contributed by atoms with Crippen LogP contribution in [-0.4, -0.2) is 38.3 Å². The third-order valence-electron chi connectivity index (χ3n) is 3.10. The molecule has 1 aromatic heterocycles. The van der Waals surface area contributed by atoms with Gasteiger partial charge in [-0.15, -0.1) is 0 Å². The fourth-order valence-corrected chi connectivity index (χ4v) is 3.51. The molecule has 0 aromatic carbocycles. The van der Waals surface area contributed by atoms with Gasteiger partial charge in [0.1, 0.15) is 0 Å². The Morgan fingerprint density at radius 3 is 3.00 bits per heavy atom. The zero-order chi connectivity index (χ0) is 12.8. The van der Waals surface area contributed by atoms with E-state index >= 15 is 0 Å². The number of rotatable bonds is 5. The van der Waals surface area contributed by atoms with Crippen molar-refractivity contribution in [3.63, 3.8) is 0 Å². The lowest BCUT2D eigenvalue weighted by Crippen LogP contribution is -2.44. The van der Waals surface area contributed by atoms with Crippen molar-refractivity contribution in [2.45, 2.75) is 24.5 Å². The third-order valence-corrected chi connectivity index (χ3v) is 4.99. The number of piperidine rings is 1. The van der Waals surface area contributed by atoms with Crippen molar-refractivity contribution in [1.82, 2.24) is 15.0 Å². The van der Waals surface area contributed by atoms with E-state index < -0.39 is 10.0 Å². The van der Waals surface area contributed by atoms with Crippen molar-refractivity contribution >= 4 is 10.0 Å². The summed E-state index contributed by atoms with van der Waals surface area (Å²) in [4.78, 5) is 4.16. The van der Waals surface area contributed by atoms with Gasteiger partial charge in [0, 0.05) is 31.4 Å². The van der Waals surface area contributed by atoms with Crippen LogP contribution in [0, 0.1) is 0 Å². The van der Waals surface area contributed by atoms with Crippen LogP contribution < -0.4 is 10.0 Å². The van der Waals surface area contributed by atoms with E-state index in [1.165, 1.54) is 0 Å². The zero-order valence-electron chi connectivity index (χ0n) is 10.3. The monoisotopic (exact) mass is 269 g/mol. The van der Waals surface area contributed by atoms with Crippen molar-refractivity contribution < 1.29 is 8.42 Å². The molecule has 100 valence electrons. The molecule has 0 saturated carbocycles. The molecule has 5 nitrogen and oxygen atoms in total. The van der Waals surface area contributed by atoms with Crippen LogP contribution in [0.3, 0.4) is 0 Å². The summed E-state index contributed by atoms with van der Waals surface area (Å²) in [7, 11) is -3.19. The fraction of sp³-hybridized carbons (Fsp3) is 0.583.